The molecule has 1 aromatic heterocycles. The molecule has 0 spiro atoms. The number of imidazole rings is 1. The van der Waals surface area contributed by atoms with Crippen molar-refractivity contribution >= 4 is 5.95 Å². The van der Waals surface area contributed by atoms with Crippen LogP contribution in [0.25, 0.3) is 0 Å². The van der Waals surface area contributed by atoms with Crippen LogP contribution in [0.2, 0.25) is 0 Å². The number of hydrogen-bond acceptors (Lipinski definition) is 2. The average Bonchev–Trinajstić information content (AvgIpc) is 2.64. The highest BCUT2D eigenvalue weighted by molar-refractivity contribution is 5.28. The first-order valence-corrected chi connectivity index (χ1v) is 6.77. The Morgan fingerprint density at radius 2 is 2.24 bits per heavy atom. The first kappa shape index (κ1) is 12.5. The summed E-state index contributed by atoms with van der Waals surface area (Å²) in [5.74, 6) is 1.03. The molecule has 0 aromatic carbocycles. The number of anilines is 1. The van der Waals surface area contributed by atoms with E-state index in [1.807, 2.05) is 6.20 Å². The molecule has 1 aromatic rings. The molecule has 96 valence electrons. The summed E-state index contributed by atoms with van der Waals surface area (Å²) in [5, 5.41) is 3.62. The summed E-state index contributed by atoms with van der Waals surface area (Å²) in [6, 6.07) is 1.05. The maximum absolute atomic E-state index is 4.43. The predicted molar refractivity (Wildman–Crippen MR) is 72.3 cm³/mol. The van der Waals surface area contributed by atoms with E-state index in [2.05, 4.69) is 48.8 Å². The molecule has 17 heavy (non-hydrogen) atoms. The van der Waals surface area contributed by atoms with Gasteiger partial charge in [-0.1, -0.05) is 20.3 Å². The van der Waals surface area contributed by atoms with Gasteiger partial charge in [-0.05, 0) is 38.5 Å². The average molecular weight is 235 g/mol. The minimum Gasteiger partial charge on any atom is -0.353 e. The lowest BCUT2D eigenvalue weighted by atomic mass is 9.75. The molecule has 1 heterocycles. The second-order valence-electron chi connectivity index (χ2n) is 6.35. The minimum absolute atomic E-state index is 0.469. The van der Waals surface area contributed by atoms with Gasteiger partial charge in [0.15, 0.2) is 0 Å². The van der Waals surface area contributed by atoms with E-state index in [4.69, 9.17) is 0 Å². The minimum atomic E-state index is 0.469. The van der Waals surface area contributed by atoms with Crippen LogP contribution in [-0.2, 0) is 0 Å². The quantitative estimate of drug-likeness (QED) is 0.862. The van der Waals surface area contributed by atoms with E-state index >= 15 is 0 Å². The van der Waals surface area contributed by atoms with E-state index in [9.17, 15) is 0 Å². The zero-order valence-electron chi connectivity index (χ0n) is 11.5. The van der Waals surface area contributed by atoms with Crippen molar-refractivity contribution in [3.05, 3.63) is 12.4 Å². The first-order valence-electron chi connectivity index (χ1n) is 6.77. The highest BCUT2D eigenvalue weighted by Crippen LogP contribution is 2.36. The monoisotopic (exact) mass is 235 g/mol. The Morgan fingerprint density at radius 3 is 2.88 bits per heavy atom. The van der Waals surface area contributed by atoms with Crippen LogP contribution in [0.15, 0.2) is 12.4 Å². The van der Waals surface area contributed by atoms with Crippen molar-refractivity contribution in [3.63, 3.8) is 0 Å². The molecule has 0 aliphatic heterocycles. The van der Waals surface area contributed by atoms with Gasteiger partial charge in [0, 0.05) is 24.5 Å². The molecule has 0 bridgehead atoms. The molecule has 1 atom stereocenters. The number of aromatic nitrogens is 2. The van der Waals surface area contributed by atoms with Crippen molar-refractivity contribution < 1.29 is 0 Å². The first-order chi connectivity index (χ1) is 7.98. The van der Waals surface area contributed by atoms with Crippen molar-refractivity contribution in [2.24, 2.45) is 5.41 Å². The molecule has 2 rings (SSSR count). The van der Waals surface area contributed by atoms with E-state index < -0.39 is 0 Å². The molecule has 1 saturated carbocycles. The van der Waals surface area contributed by atoms with E-state index in [0.717, 1.165) is 5.95 Å². The zero-order valence-corrected chi connectivity index (χ0v) is 11.5. The third kappa shape index (κ3) is 3.02. The molecule has 1 N–H and O–H groups in total. The topological polar surface area (TPSA) is 29.9 Å². The lowest BCUT2D eigenvalue weighted by molar-refractivity contribution is 0.229. The van der Waals surface area contributed by atoms with Gasteiger partial charge >= 0.3 is 0 Å². The Balaban J connectivity index is 2.03. The third-order valence-electron chi connectivity index (χ3n) is 3.76. The van der Waals surface area contributed by atoms with E-state index in [1.165, 1.54) is 25.7 Å². The summed E-state index contributed by atoms with van der Waals surface area (Å²) in [6.45, 7) is 9.13. The molecule has 0 saturated heterocycles. The van der Waals surface area contributed by atoms with Gasteiger partial charge in [-0.2, -0.15) is 0 Å². The van der Waals surface area contributed by atoms with Crippen LogP contribution < -0.4 is 5.32 Å². The van der Waals surface area contributed by atoms with Crippen molar-refractivity contribution in [3.8, 4) is 0 Å². The van der Waals surface area contributed by atoms with Crippen LogP contribution in [0, 0.1) is 5.41 Å². The standard InChI is InChI=1S/C14H25N3/c1-11(2)17-9-8-15-13(17)16-12-6-5-7-14(3,4)10-12/h8-9,11-12H,5-7,10H2,1-4H3,(H,15,16). The fourth-order valence-electron chi connectivity index (χ4n) is 2.85. The Morgan fingerprint density at radius 1 is 1.47 bits per heavy atom. The molecule has 1 aliphatic rings. The summed E-state index contributed by atoms with van der Waals surface area (Å²) >= 11 is 0. The second-order valence-corrected chi connectivity index (χ2v) is 6.35. The van der Waals surface area contributed by atoms with Crippen LogP contribution in [0.3, 0.4) is 0 Å². The summed E-state index contributed by atoms with van der Waals surface area (Å²) in [7, 11) is 0. The molecule has 1 unspecified atom stereocenters. The molecule has 0 radical (unpaired) electrons. The van der Waals surface area contributed by atoms with Gasteiger partial charge in [0.2, 0.25) is 5.95 Å². The van der Waals surface area contributed by atoms with E-state index in [1.54, 1.807) is 0 Å². The van der Waals surface area contributed by atoms with Gasteiger partial charge in [0.05, 0.1) is 0 Å². The second kappa shape index (κ2) is 4.71. The summed E-state index contributed by atoms with van der Waals surface area (Å²) < 4.78 is 2.21. The van der Waals surface area contributed by atoms with Gasteiger partial charge in [0.25, 0.3) is 0 Å². The van der Waals surface area contributed by atoms with Crippen molar-refractivity contribution in [2.75, 3.05) is 5.32 Å². The van der Waals surface area contributed by atoms with Crippen LogP contribution >= 0.6 is 0 Å². The van der Waals surface area contributed by atoms with Gasteiger partial charge in [0.1, 0.15) is 0 Å². The van der Waals surface area contributed by atoms with Crippen LogP contribution in [-0.4, -0.2) is 15.6 Å². The Labute approximate surface area is 105 Å². The lowest BCUT2D eigenvalue weighted by Gasteiger charge is -2.35. The molecular formula is C14H25N3. The Kier molecular flexibility index (Phi) is 3.45. The number of rotatable bonds is 3. The number of nitrogens with one attached hydrogen (secondary N) is 1. The smallest absolute Gasteiger partial charge is 0.203 e. The molecule has 3 heteroatoms. The van der Waals surface area contributed by atoms with Crippen molar-refractivity contribution in [1.82, 2.24) is 9.55 Å². The summed E-state index contributed by atoms with van der Waals surface area (Å²) in [4.78, 5) is 4.43. The number of nitrogens with zero attached hydrogens (tertiary/aromatic N) is 2. The van der Waals surface area contributed by atoms with E-state index in [0.29, 0.717) is 17.5 Å². The number of hydrogen-bond donors (Lipinski definition) is 1. The highest BCUT2D eigenvalue weighted by Gasteiger charge is 2.28. The van der Waals surface area contributed by atoms with Crippen LogP contribution in [0.1, 0.15) is 59.4 Å². The largest absolute Gasteiger partial charge is 0.353 e. The molecular weight excluding hydrogens is 210 g/mol. The van der Waals surface area contributed by atoms with Gasteiger partial charge in [-0.3, -0.25) is 0 Å². The Hall–Kier alpha value is -0.990. The summed E-state index contributed by atoms with van der Waals surface area (Å²) in [6.07, 6.45) is 9.14. The fraction of sp³-hybridized carbons (Fsp3) is 0.786. The normalized spacial score (nSPS) is 23.9. The van der Waals surface area contributed by atoms with Crippen molar-refractivity contribution in [1.29, 1.82) is 0 Å². The SMILES string of the molecule is CC(C)n1ccnc1NC1CCCC(C)(C)C1. The third-order valence-corrected chi connectivity index (χ3v) is 3.76. The highest BCUT2D eigenvalue weighted by atomic mass is 15.2. The van der Waals surface area contributed by atoms with Crippen molar-refractivity contribution in [2.45, 2.75) is 65.5 Å². The maximum Gasteiger partial charge on any atom is 0.203 e. The maximum atomic E-state index is 4.43. The molecule has 1 fully saturated rings. The molecule has 0 amide bonds. The lowest BCUT2D eigenvalue weighted by Crippen LogP contribution is -2.32. The van der Waals surface area contributed by atoms with E-state index in [-0.39, 0.29) is 0 Å². The van der Waals surface area contributed by atoms with Gasteiger partial charge in [-0.15, -0.1) is 0 Å². The predicted octanol–water partition coefficient (Wildman–Crippen LogP) is 3.84. The Bertz CT molecular complexity index is 365. The molecule has 1 aliphatic carbocycles. The summed E-state index contributed by atoms with van der Waals surface area (Å²) in [5.41, 5.74) is 0.477. The van der Waals surface area contributed by atoms with Gasteiger partial charge in [-0.25, -0.2) is 4.98 Å². The molecule has 3 nitrogen and oxygen atoms in total. The van der Waals surface area contributed by atoms with Crippen LogP contribution in [0.5, 0.6) is 0 Å². The van der Waals surface area contributed by atoms with Gasteiger partial charge < -0.3 is 9.88 Å². The fourth-order valence-corrected chi connectivity index (χ4v) is 2.85. The van der Waals surface area contributed by atoms with Crippen LogP contribution in [0.4, 0.5) is 5.95 Å². The zero-order chi connectivity index (χ0) is 12.5.